The number of nitrogens with zero attached hydrogens (tertiary/aromatic N) is 3. The Balaban J connectivity index is 1.63. The van der Waals surface area contributed by atoms with Crippen molar-refractivity contribution >= 4 is 23.5 Å². The van der Waals surface area contributed by atoms with Crippen molar-refractivity contribution in [2.75, 3.05) is 6.61 Å². The van der Waals surface area contributed by atoms with E-state index in [1.54, 1.807) is 24.3 Å². The molecule has 0 bridgehead atoms. The minimum atomic E-state index is -0.758. The third-order valence-electron chi connectivity index (χ3n) is 4.99. The Hall–Kier alpha value is -4.80. The third kappa shape index (κ3) is 6.86. The van der Waals surface area contributed by atoms with E-state index < -0.39 is 27.1 Å². The summed E-state index contributed by atoms with van der Waals surface area (Å²) >= 11 is 0. The fraction of sp³-hybridized carbons (Fsp3) is 0.200. The largest absolute Gasteiger partial charge is 0.483 e. The summed E-state index contributed by atoms with van der Waals surface area (Å²) in [6.07, 6.45) is 1.38. The number of nitro groups is 2. The van der Waals surface area contributed by atoms with Crippen molar-refractivity contribution in [3.8, 4) is 17.2 Å². The highest BCUT2D eigenvalue weighted by Gasteiger charge is 2.21. The van der Waals surface area contributed by atoms with Crippen LogP contribution in [0.5, 0.6) is 17.2 Å². The molecule has 0 aromatic heterocycles. The molecule has 3 aromatic rings. The van der Waals surface area contributed by atoms with Gasteiger partial charge >= 0.3 is 5.69 Å². The monoisotopic (exact) mass is 492 g/mol. The molecule has 3 aromatic carbocycles. The Morgan fingerprint density at radius 2 is 1.81 bits per heavy atom. The molecular formula is C25H24N4O7. The van der Waals surface area contributed by atoms with E-state index in [-0.39, 0.29) is 24.0 Å². The molecule has 0 atom stereocenters. The van der Waals surface area contributed by atoms with Crippen molar-refractivity contribution < 1.29 is 24.1 Å². The lowest BCUT2D eigenvalue weighted by molar-refractivity contribution is -0.394. The lowest BCUT2D eigenvalue weighted by atomic mass is 10.0. The molecule has 0 saturated carbocycles. The first-order valence-electron chi connectivity index (χ1n) is 10.9. The average molecular weight is 492 g/mol. The number of aryl methyl sites for hydroxylation is 1. The van der Waals surface area contributed by atoms with Gasteiger partial charge in [0.25, 0.3) is 11.6 Å². The SMILES string of the molecule is Cc1ccc(C(C)C)c(OCC(=O)N/N=C/c2cccc(Oc3ccc([N+](=O)[O-])cc3[N+](=O)[O-])c2)c1. The molecule has 36 heavy (non-hydrogen) atoms. The fourth-order valence-electron chi connectivity index (χ4n) is 3.23. The van der Waals surface area contributed by atoms with E-state index in [2.05, 4.69) is 10.5 Å². The highest BCUT2D eigenvalue weighted by Crippen LogP contribution is 2.34. The van der Waals surface area contributed by atoms with Crippen molar-refractivity contribution in [3.05, 3.63) is 97.6 Å². The number of amides is 1. The Bertz CT molecular complexity index is 1320. The molecule has 11 heteroatoms. The number of non-ortho nitro benzene ring substituents is 1. The summed E-state index contributed by atoms with van der Waals surface area (Å²) in [5.74, 6) is 0.530. The van der Waals surface area contributed by atoms with Crippen molar-refractivity contribution in [2.24, 2.45) is 5.10 Å². The number of nitrogens with one attached hydrogen (secondary N) is 1. The number of benzene rings is 3. The summed E-state index contributed by atoms with van der Waals surface area (Å²) in [6, 6.07) is 15.4. The summed E-state index contributed by atoms with van der Waals surface area (Å²) in [5, 5.41) is 26.1. The Labute approximate surface area is 206 Å². The first-order chi connectivity index (χ1) is 17.1. The van der Waals surface area contributed by atoms with Gasteiger partial charge in [0.2, 0.25) is 5.75 Å². The van der Waals surface area contributed by atoms with E-state index in [4.69, 9.17) is 9.47 Å². The van der Waals surface area contributed by atoms with Gasteiger partial charge in [-0.1, -0.05) is 38.1 Å². The molecule has 186 valence electrons. The molecule has 0 aliphatic rings. The van der Waals surface area contributed by atoms with E-state index in [1.807, 2.05) is 39.0 Å². The van der Waals surface area contributed by atoms with Crippen LogP contribution in [0.25, 0.3) is 0 Å². The van der Waals surface area contributed by atoms with Crippen molar-refractivity contribution in [1.82, 2.24) is 5.43 Å². The third-order valence-corrected chi connectivity index (χ3v) is 4.99. The second-order valence-corrected chi connectivity index (χ2v) is 8.12. The van der Waals surface area contributed by atoms with Gasteiger partial charge in [-0.25, -0.2) is 5.43 Å². The van der Waals surface area contributed by atoms with Crippen LogP contribution in [0, 0.1) is 27.2 Å². The summed E-state index contributed by atoms with van der Waals surface area (Å²) in [6.45, 7) is 5.81. The van der Waals surface area contributed by atoms with Gasteiger partial charge in [0.05, 0.1) is 22.1 Å². The first-order valence-corrected chi connectivity index (χ1v) is 10.9. The van der Waals surface area contributed by atoms with Gasteiger partial charge < -0.3 is 9.47 Å². The maximum Gasteiger partial charge on any atom is 0.318 e. The molecule has 0 aliphatic heterocycles. The van der Waals surface area contributed by atoms with E-state index in [1.165, 1.54) is 6.21 Å². The van der Waals surface area contributed by atoms with Gasteiger partial charge in [-0.05, 0) is 53.8 Å². The lowest BCUT2D eigenvalue weighted by Gasteiger charge is -2.14. The quantitative estimate of drug-likeness (QED) is 0.231. The fourth-order valence-corrected chi connectivity index (χ4v) is 3.23. The second kappa shape index (κ2) is 11.6. The van der Waals surface area contributed by atoms with Gasteiger partial charge in [0.15, 0.2) is 6.61 Å². The lowest BCUT2D eigenvalue weighted by Crippen LogP contribution is -2.25. The van der Waals surface area contributed by atoms with Crippen LogP contribution in [0.1, 0.15) is 36.5 Å². The van der Waals surface area contributed by atoms with Gasteiger partial charge in [-0.15, -0.1) is 0 Å². The topological polar surface area (TPSA) is 146 Å². The number of carbonyl (C=O) groups excluding carboxylic acids is 1. The van der Waals surface area contributed by atoms with Gasteiger partial charge in [-0.2, -0.15) is 5.10 Å². The second-order valence-electron chi connectivity index (χ2n) is 8.12. The Kier molecular flexibility index (Phi) is 8.29. The number of nitro benzene ring substituents is 2. The summed E-state index contributed by atoms with van der Waals surface area (Å²) < 4.78 is 11.2. The number of hydrazone groups is 1. The molecule has 0 heterocycles. The van der Waals surface area contributed by atoms with E-state index in [9.17, 15) is 25.0 Å². The van der Waals surface area contributed by atoms with Crippen LogP contribution in [0.3, 0.4) is 0 Å². The molecule has 0 aliphatic carbocycles. The average Bonchev–Trinajstić information content (AvgIpc) is 2.83. The Morgan fingerprint density at radius 1 is 1.03 bits per heavy atom. The van der Waals surface area contributed by atoms with Crippen molar-refractivity contribution in [1.29, 1.82) is 0 Å². The minimum Gasteiger partial charge on any atom is -0.483 e. The molecule has 0 saturated heterocycles. The zero-order chi connectivity index (χ0) is 26.2. The van der Waals surface area contributed by atoms with Crippen molar-refractivity contribution in [3.63, 3.8) is 0 Å². The predicted molar refractivity (Wildman–Crippen MR) is 133 cm³/mol. The zero-order valence-electron chi connectivity index (χ0n) is 19.8. The highest BCUT2D eigenvalue weighted by atomic mass is 16.6. The van der Waals surface area contributed by atoms with Crippen LogP contribution < -0.4 is 14.9 Å². The maximum absolute atomic E-state index is 12.2. The van der Waals surface area contributed by atoms with E-state index >= 15 is 0 Å². The summed E-state index contributed by atoms with van der Waals surface area (Å²) in [4.78, 5) is 32.9. The normalized spacial score (nSPS) is 10.9. The van der Waals surface area contributed by atoms with Gasteiger partial charge in [0, 0.05) is 6.07 Å². The predicted octanol–water partition coefficient (Wildman–Crippen LogP) is 5.26. The van der Waals surface area contributed by atoms with Crippen molar-refractivity contribution in [2.45, 2.75) is 26.7 Å². The van der Waals surface area contributed by atoms with Crippen LogP contribution in [0.15, 0.2) is 65.8 Å². The van der Waals surface area contributed by atoms with Crippen LogP contribution in [0.2, 0.25) is 0 Å². The standard InChI is InChI=1S/C25H24N4O7/c1-16(2)21-9-7-17(3)11-24(21)35-15-25(30)27-26-14-18-5-4-6-20(12-18)36-23-10-8-19(28(31)32)13-22(23)29(33)34/h4-14,16H,15H2,1-3H3,(H,27,30)/b26-14+. The van der Waals surface area contributed by atoms with Crippen LogP contribution in [-0.2, 0) is 4.79 Å². The molecule has 3 rings (SSSR count). The molecule has 0 fully saturated rings. The van der Waals surface area contributed by atoms with E-state index in [0.29, 0.717) is 11.3 Å². The molecule has 1 N–H and O–H groups in total. The number of rotatable bonds is 10. The van der Waals surface area contributed by atoms with E-state index in [0.717, 1.165) is 29.3 Å². The van der Waals surface area contributed by atoms with Crippen LogP contribution in [0.4, 0.5) is 11.4 Å². The Morgan fingerprint density at radius 3 is 2.50 bits per heavy atom. The molecular weight excluding hydrogens is 468 g/mol. The molecule has 11 nitrogen and oxygen atoms in total. The number of ether oxygens (including phenoxy) is 2. The molecule has 0 spiro atoms. The smallest absolute Gasteiger partial charge is 0.318 e. The van der Waals surface area contributed by atoms with Gasteiger partial charge in [-0.3, -0.25) is 25.0 Å². The number of carbonyl (C=O) groups is 1. The minimum absolute atomic E-state index is 0.151. The number of hydrogen-bond donors (Lipinski definition) is 1. The highest BCUT2D eigenvalue weighted by molar-refractivity contribution is 5.83. The summed E-state index contributed by atoms with van der Waals surface area (Å²) in [5.41, 5.74) is 3.99. The molecule has 0 radical (unpaired) electrons. The van der Waals surface area contributed by atoms with Gasteiger partial charge in [0.1, 0.15) is 11.5 Å². The first kappa shape index (κ1) is 25.8. The molecule has 0 unspecified atom stereocenters. The summed E-state index contributed by atoms with van der Waals surface area (Å²) in [7, 11) is 0. The zero-order valence-corrected chi connectivity index (χ0v) is 19.8. The van der Waals surface area contributed by atoms with Crippen LogP contribution in [-0.4, -0.2) is 28.6 Å². The molecule has 1 amide bonds. The van der Waals surface area contributed by atoms with Crippen LogP contribution >= 0.6 is 0 Å². The number of hydrogen-bond acceptors (Lipinski definition) is 8. The maximum atomic E-state index is 12.2.